The second kappa shape index (κ2) is 5.48. The summed E-state index contributed by atoms with van der Waals surface area (Å²) in [6.45, 7) is 1.12. The molecule has 0 spiro atoms. The molecule has 5 nitrogen and oxygen atoms in total. The van der Waals surface area contributed by atoms with Crippen molar-refractivity contribution in [2.24, 2.45) is 17.3 Å². The zero-order chi connectivity index (χ0) is 15.0. The first-order valence-corrected chi connectivity index (χ1v) is 7.36. The van der Waals surface area contributed by atoms with Gasteiger partial charge in [-0.05, 0) is 30.0 Å². The molecular formula is C15H18ClNO4. The zero-order valence-corrected chi connectivity index (χ0v) is 12.3. The van der Waals surface area contributed by atoms with Crippen molar-refractivity contribution in [1.29, 1.82) is 0 Å². The highest BCUT2D eigenvalue weighted by Gasteiger charge is 2.67. The minimum atomic E-state index is -0.370. The molecule has 6 heteroatoms. The van der Waals surface area contributed by atoms with Gasteiger partial charge in [-0.25, -0.2) is 0 Å². The smallest absolute Gasteiger partial charge is 0.260 e. The molecule has 3 rings (SSSR count). The van der Waals surface area contributed by atoms with Gasteiger partial charge in [-0.3, -0.25) is 4.79 Å². The van der Waals surface area contributed by atoms with E-state index in [0.29, 0.717) is 23.9 Å². The molecule has 1 saturated carbocycles. The van der Waals surface area contributed by atoms with Crippen LogP contribution in [0.4, 0.5) is 0 Å². The number of piperidine rings is 1. The van der Waals surface area contributed by atoms with Crippen LogP contribution in [0.25, 0.3) is 0 Å². The quantitative estimate of drug-likeness (QED) is 0.843. The molecule has 21 heavy (non-hydrogen) atoms. The van der Waals surface area contributed by atoms with Gasteiger partial charge in [0, 0.05) is 23.5 Å². The lowest BCUT2D eigenvalue weighted by Crippen LogP contribution is -2.38. The predicted octanol–water partition coefficient (Wildman–Crippen LogP) is 0.778. The molecule has 0 aromatic heterocycles. The second-order valence-corrected chi connectivity index (χ2v) is 6.24. The summed E-state index contributed by atoms with van der Waals surface area (Å²) >= 11 is 5.85. The summed E-state index contributed by atoms with van der Waals surface area (Å²) in [7, 11) is 0. The molecule has 1 aliphatic carbocycles. The average molecular weight is 312 g/mol. The Kier molecular flexibility index (Phi) is 3.82. The molecule has 1 aromatic carbocycles. The Labute approximate surface area is 128 Å². The summed E-state index contributed by atoms with van der Waals surface area (Å²) in [5.41, 5.74) is -0.370. The van der Waals surface area contributed by atoms with Gasteiger partial charge in [-0.2, -0.15) is 0 Å². The summed E-state index contributed by atoms with van der Waals surface area (Å²) in [5.74, 6) is 0.914. The van der Waals surface area contributed by atoms with Gasteiger partial charge < -0.3 is 19.8 Å². The van der Waals surface area contributed by atoms with Gasteiger partial charge in [0.2, 0.25) is 0 Å². The molecule has 0 bridgehead atoms. The SMILES string of the molecule is O=C(COc1cccc(Cl)c1)N1CC2C(C1)C2(CO)CO. The van der Waals surface area contributed by atoms with Gasteiger partial charge in [0.25, 0.3) is 5.91 Å². The number of aliphatic hydroxyl groups excluding tert-OH is 2. The summed E-state index contributed by atoms with van der Waals surface area (Å²) in [6.07, 6.45) is 0. The Balaban J connectivity index is 1.50. The normalized spacial score (nSPS) is 25.6. The Bertz CT molecular complexity index is 532. The predicted molar refractivity (Wildman–Crippen MR) is 77.1 cm³/mol. The van der Waals surface area contributed by atoms with Crippen LogP contribution in [0.5, 0.6) is 5.75 Å². The molecule has 2 unspecified atom stereocenters. The number of hydrogen-bond donors (Lipinski definition) is 2. The Morgan fingerprint density at radius 1 is 1.33 bits per heavy atom. The van der Waals surface area contributed by atoms with Gasteiger partial charge >= 0.3 is 0 Å². The number of fused-ring (bicyclic) bond motifs is 1. The lowest BCUT2D eigenvalue weighted by molar-refractivity contribution is -0.133. The van der Waals surface area contributed by atoms with Gasteiger partial charge in [-0.1, -0.05) is 17.7 Å². The van der Waals surface area contributed by atoms with Crippen LogP contribution in [0.1, 0.15) is 0 Å². The van der Waals surface area contributed by atoms with Crippen molar-refractivity contribution in [3.8, 4) is 5.75 Å². The molecule has 114 valence electrons. The van der Waals surface area contributed by atoms with E-state index in [2.05, 4.69) is 0 Å². The largest absolute Gasteiger partial charge is 0.484 e. The fourth-order valence-electron chi connectivity index (χ4n) is 3.35. The summed E-state index contributed by atoms with van der Waals surface area (Å²) in [4.78, 5) is 13.8. The number of amides is 1. The van der Waals surface area contributed by atoms with Crippen LogP contribution in [0.3, 0.4) is 0 Å². The molecule has 1 saturated heterocycles. The molecule has 1 amide bonds. The molecule has 1 heterocycles. The number of likely N-dealkylation sites (tertiary alicyclic amines) is 1. The van der Waals surface area contributed by atoms with E-state index in [-0.39, 0.29) is 43.0 Å². The number of nitrogens with zero attached hydrogens (tertiary/aromatic N) is 1. The van der Waals surface area contributed by atoms with E-state index in [1.54, 1.807) is 29.2 Å². The van der Waals surface area contributed by atoms with Crippen LogP contribution in [0.2, 0.25) is 5.02 Å². The molecule has 2 aliphatic rings. The number of aliphatic hydroxyl groups is 2. The number of carbonyl (C=O) groups excluding carboxylic acids is 1. The van der Waals surface area contributed by atoms with Crippen LogP contribution < -0.4 is 4.74 Å². The minimum Gasteiger partial charge on any atom is -0.484 e. The molecule has 2 N–H and O–H groups in total. The fourth-order valence-corrected chi connectivity index (χ4v) is 3.53. The monoisotopic (exact) mass is 311 g/mol. The van der Waals surface area contributed by atoms with Crippen molar-refractivity contribution >= 4 is 17.5 Å². The number of hydrogen-bond acceptors (Lipinski definition) is 4. The number of benzene rings is 1. The maximum Gasteiger partial charge on any atom is 0.260 e. The van der Waals surface area contributed by atoms with E-state index in [0.717, 1.165) is 0 Å². The Morgan fingerprint density at radius 3 is 2.57 bits per heavy atom. The second-order valence-electron chi connectivity index (χ2n) is 5.81. The van der Waals surface area contributed by atoms with E-state index in [1.165, 1.54) is 0 Å². The highest BCUT2D eigenvalue weighted by molar-refractivity contribution is 6.30. The molecule has 0 radical (unpaired) electrons. The number of rotatable bonds is 5. The first kappa shape index (κ1) is 14.6. The van der Waals surface area contributed by atoms with Gasteiger partial charge in [0.15, 0.2) is 6.61 Å². The van der Waals surface area contributed by atoms with Crippen molar-refractivity contribution in [3.63, 3.8) is 0 Å². The molecule has 1 aliphatic heterocycles. The van der Waals surface area contributed by atoms with Crippen molar-refractivity contribution in [3.05, 3.63) is 29.3 Å². The molecular weight excluding hydrogens is 294 g/mol. The van der Waals surface area contributed by atoms with Crippen molar-refractivity contribution < 1.29 is 19.7 Å². The fraction of sp³-hybridized carbons (Fsp3) is 0.533. The van der Waals surface area contributed by atoms with Crippen LogP contribution >= 0.6 is 11.6 Å². The lowest BCUT2D eigenvalue weighted by Gasteiger charge is -2.24. The summed E-state index contributed by atoms with van der Waals surface area (Å²) in [5, 5.41) is 19.3. The van der Waals surface area contributed by atoms with Crippen LogP contribution in [-0.4, -0.2) is 53.9 Å². The number of carbonyl (C=O) groups is 1. The molecule has 1 aromatic rings. The summed E-state index contributed by atoms with van der Waals surface area (Å²) < 4.78 is 5.44. The molecule has 2 atom stereocenters. The highest BCUT2D eigenvalue weighted by Crippen LogP contribution is 2.61. The van der Waals surface area contributed by atoms with Gasteiger partial charge in [-0.15, -0.1) is 0 Å². The van der Waals surface area contributed by atoms with Crippen molar-refractivity contribution in [2.45, 2.75) is 0 Å². The van der Waals surface area contributed by atoms with Gasteiger partial charge in [0.05, 0.1) is 13.2 Å². The maximum absolute atomic E-state index is 12.1. The van der Waals surface area contributed by atoms with Crippen molar-refractivity contribution in [1.82, 2.24) is 4.90 Å². The van der Waals surface area contributed by atoms with E-state index in [1.807, 2.05) is 0 Å². The number of halogens is 1. The Hall–Kier alpha value is -1.30. The summed E-state index contributed by atoms with van der Waals surface area (Å²) in [6, 6.07) is 6.93. The third-order valence-corrected chi connectivity index (χ3v) is 5.02. The highest BCUT2D eigenvalue weighted by atomic mass is 35.5. The minimum absolute atomic E-state index is 0.0140. The maximum atomic E-state index is 12.1. The first-order chi connectivity index (χ1) is 10.1. The van der Waals surface area contributed by atoms with Crippen molar-refractivity contribution in [2.75, 3.05) is 32.9 Å². The number of ether oxygens (including phenoxy) is 1. The third-order valence-electron chi connectivity index (χ3n) is 4.79. The third kappa shape index (κ3) is 2.50. The zero-order valence-electron chi connectivity index (χ0n) is 11.5. The standard InChI is InChI=1S/C15H18ClNO4/c16-10-2-1-3-11(4-10)21-7-14(20)17-5-12-13(6-17)15(12,8-18)9-19/h1-4,12-13,18-19H,5-9H2. The Morgan fingerprint density at radius 2 is 2.00 bits per heavy atom. The van der Waals surface area contributed by atoms with E-state index >= 15 is 0 Å². The van der Waals surface area contributed by atoms with E-state index in [4.69, 9.17) is 16.3 Å². The van der Waals surface area contributed by atoms with Crippen LogP contribution in [-0.2, 0) is 4.79 Å². The van der Waals surface area contributed by atoms with Crippen LogP contribution in [0.15, 0.2) is 24.3 Å². The van der Waals surface area contributed by atoms with Crippen LogP contribution in [0, 0.1) is 17.3 Å². The van der Waals surface area contributed by atoms with E-state index < -0.39 is 0 Å². The lowest BCUT2D eigenvalue weighted by atomic mass is 10.0. The first-order valence-electron chi connectivity index (χ1n) is 6.98. The molecule has 2 fully saturated rings. The van der Waals surface area contributed by atoms with Gasteiger partial charge in [0.1, 0.15) is 5.75 Å². The van der Waals surface area contributed by atoms with E-state index in [9.17, 15) is 15.0 Å². The average Bonchev–Trinajstić information content (AvgIpc) is 2.85. The topological polar surface area (TPSA) is 70.0 Å².